The molecule has 0 aliphatic carbocycles. The van der Waals surface area contributed by atoms with Crippen LogP contribution < -0.4 is 9.47 Å². The second-order valence-electron chi connectivity index (χ2n) is 4.15. The zero-order chi connectivity index (χ0) is 15.1. The van der Waals surface area contributed by atoms with Crippen molar-refractivity contribution in [1.82, 2.24) is 4.98 Å². The van der Waals surface area contributed by atoms with E-state index in [1.807, 2.05) is 36.6 Å². The highest BCUT2D eigenvalue weighted by Crippen LogP contribution is 2.27. The minimum atomic E-state index is -0.297. The van der Waals surface area contributed by atoms with Crippen LogP contribution in [0.15, 0.2) is 29.6 Å². The highest BCUT2D eigenvalue weighted by molar-refractivity contribution is 7.09. The SMILES string of the molecule is CCOc1ccccc1OCc1nc(CC(=O)OC)cs1. The fraction of sp³-hybridized carbons (Fsp3) is 0.333. The van der Waals surface area contributed by atoms with E-state index in [1.54, 1.807) is 0 Å². The summed E-state index contributed by atoms with van der Waals surface area (Å²) in [7, 11) is 1.36. The minimum Gasteiger partial charge on any atom is -0.490 e. The van der Waals surface area contributed by atoms with Crippen molar-refractivity contribution < 1.29 is 19.0 Å². The Bertz CT molecular complexity index is 597. The van der Waals surface area contributed by atoms with E-state index in [4.69, 9.17) is 9.47 Å². The summed E-state index contributed by atoms with van der Waals surface area (Å²) < 4.78 is 15.8. The number of esters is 1. The molecular formula is C15H17NO4S. The number of ether oxygens (including phenoxy) is 3. The second-order valence-corrected chi connectivity index (χ2v) is 5.10. The van der Waals surface area contributed by atoms with Crippen LogP contribution >= 0.6 is 11.3 Å². The lowest BCUT2D eigenvalue weighted by molar-refractivity contribution is -0.139. The van der Waals surface area contributed by atoms with Gasteiger partial charge in [0.25, 0.3) is 0 Å². The summed E-state index contributed by atoms with van der Waals surface area (Å²) in [5.41, 5.74) is 0.698. The van der Waals surface area contributed by atoms with Crippen molar-refractivity contribution >= 4 is 17.3 Å². The van der Waals surface area contributed by atoms with Crippen LogP contribution in [0.4, 0.5) is 0 Å². The Hall–Kier alpha value is -2.08. The van der Waals surface area contributed by atoms with Gasteiger partial charge in [-0.1, -0.05) is 12.1 Å². The Morgan fingerprint density at radius 1 is 1.24 bits per heavy atom. The molecule has 0 N–H and O–H groups in total. The van der Waals surface area contributed by atoms with Crippen molar-refractivity contribution in [3.63, 3.8) is 0 Å². The van der Waals surface area contributed by atoms with Crippen LogP contribution in [0.1, 0.15) is 17.6 Å². The van der Waals surface area contributed by atoms with Crippen LogP contribution in [0.25, 0.3) is 0 Å². The molecule has 0 aliphatic heterocycles. The number of methoxy groups -OCH3 is 1. The minimum absolute atomic E-state index is 0.183. The number of para-hydroxylation sites is 2. The molecule has 0 unspecified atom stereocenters. The average Bonchev–Trinajstić information content (AvgIpc) is 2.94. The summed E-state index contributed by atoms with van der Waals surface area (Å²) in [5.74, 6) is 1.10. The standard InChI is InChI=1S/C15H17NO4S/c1-3-19-12-6-4-5-7-13(12)20-9-14-16-11(10-21-14)8-15(17)18-2/h4-7,10H,3,8-9H2,1-2H3. The van der Waals surface area contributed by atoms with Gasteiger partial charge in [-0.25, -0.2) is 4.98 Å². The second kappa shape index (κ2) is 7.64. The number of hydrogen-bond acceptors (Lipinski definition) is 6. The van der Waals surface area contributed by atoms with Crippen molar-refractivity contribution in [1.29, 1.82) is 0 Å². The lowest BCUT2D eigenvalue weighted by Crippen LogP contribution is -2.05. The average molecular weight is 307 g/mol. The lowest BCUT2D eigenvalue weighted by Gasteiger charge is -2.10. The lowest BCUT2D eigenvalue weighted by atomic mass is 10.3. The Labute approximate surface area is 127 Å². The van der Waals surface area contributed by atoms with E-state index in [9.17, 15) is 4.79 Å². The molecule has 0 fully saturated rings. The highest BCUT2D eigenvalue weighted by Gasteiger charge is 2.09. The van der Waals surface area contributed by atoms with E-state index in [-0.39, 0.29) is 12.4 Å². The van der Waals surface area contributed by atoms with Crippen LogP contribution in [0.3, 0.4) is 0 Å². The highest BCUT2D eigenvalue weighted by atomic mass is 32.1. The normalized spacial score (nSPS) is 10.2. The summed E-state index contributed by atoms with van der Waals surface area (Å²) in [4.78, 5) is 15.5. The third-order valence-electron chi connectivity index (χ3n) is 2.65. The molecule has 0 atom stereocenters. The predicted octanol–water partition coefficient (Wildman–Crippen LogP) is 2.84. The third-order valence-corrected chi connectivity index (χ3v) is 3.52. The summed E-state index contributed by atoms with van der Waals surface area (Å²) in [6, 6.07) is 7.51. The van der Waals surface area contributed by atoms with Crippen LogP contribution in [0, 0.1) is 0 Å². The molecule has 0 saturated carbocycles. The number of aromatic nitrogens is 1. The Kier molecular flexibility index (Phi) is 5.57. The number of nitrogens with zero attached hydrogens (tertiary/aromatic N) is 1. The van der Waals surface area contributed by atoms with Gasteiger partial charge >= 0.3 is 5.97 Å². The Morgan fingerprint density at radius 2 is 1.95 bits per heavy atom. The molecule has 2 aromatic rings. The summed E-state index contributed by atoms with van der Waals surface area (Å²) in [5, 5.41) is 2.64. The van der Waals surface area contributed by atoms with Crippen LogP contribution in [-0.2, 0) is 22.6 Å². The van der Waals surface area contributed by atoms with Gasteiger partial charge in [0.2, 0.25) is 0 Å². The first kappa shape index (κ1) is 15.3. The third kappa shape index (κ3) is 4.46. The maximum atomic E-state index is 11.2. The number of carbonyl (C=O) groups is 1. The fourth-order valence-electron chi connectivity index (χ4n) is 1.70. The molecule has 112 valence electrons. The predicted molar refractivity (Wildman–Crippen MR) is 79.8 cm³/mol. The Morgan fingerprint density at radius 3 is 2.62 bits per heavy atom. The molecule has 0 saturated heterocycles. The molecular weight excluding hydrogens is 290 g/mol. The van der Waals surface area contributed by atoms with E-state index >= 15 is 0 Å². The van der Waals surface area contributed by atoms with Gasteiger partial charge in [-0.15, -0.1) is 11.3 Å². The number of carbonyl (C=O) groups excluding carboxylic acids is 1. The first-order chi connectivity index (χ1) is 10.2. The van der Waals surface area contributed by atoms with Gasteiger partial charge in [0, 0.05) is 5.38 Å². The van der Waals surface area contributed by atoms with E-state index in [1.165, 1.54) is 18.4 Å². The molecule has 0 bridgehead atoms. The first-order valence-electron chi connectivity index (χ1n) is 6.57. The molecule has 2 rings (SSSR count). The smallest absolute Gasteiger partial charge is 0.311 e. The number of hydrogen-bond donors (Lipinski definition) is 0. The number of rotatable bonds is 7. The molecule has 6 heteroatoms. The van der Waals surface area contributed by atoms with Gasteiger partial charge in [0.15, 0.2) is 11.5 Å². The van der Waals surface area contributed by atoms with Crippen molar-refractivity contribution in [2.45, 2.75) is 20.0 Å². The fourth-order valence-corrected chi connectivity index (χ4v) is 2.41. The topological polar surface area (TPSA) is 57.7 Å². The molecule has 0 radical (unpaired) electrons. The molecule has 1 aromatic heterocycles. The maximum absolute atomic E-state index is 11.2. The summed E-state index contributed by atoms with van der Waals surface area (Å²) in [6.07, 6.45) is 0.183. The van der Waals surface area contributed by atoms with E-state index in [0.717, 1.165) is 5.01 Å². The summed E-state index contributed by atoms with van der Waals surface area (Å²) in [6.45, 7) is 2.85. The maximum Gasteiger partial charge on any atom is 0.311 e. The van der Waals surface area contributed by atoms with Crippen LogP contribution in [-0.4, -0.2) is 24.7 Å². The van der Waals surface area contributed by atoms with Crippen LogP contribution in [0.2, 0.25) is 0 Å². The molecule has 21 heavy (non-hydrogen) atoms. The molecule has 0 amide bonds. The zero-order valence-corrected chi connectivity index (χ0v) is 12.8. The van der Waals surface area contributed by atoms with Crippen molar-refractivity contribution in [3.05, 3.63) is 40.3 Å². The monoisotopic (exact) mass is 307 g/mol. The van der Waals surface area contributed by atoms with E-state index in [2.05, 4.69) is 9.72 Å². The van der Waals surface area contributed by atoms with Crippen molar-refractivity contribution in [3.8, 4) is 11.5 Å². The van der Waals surface area contributed by atoms with Crippen molar-refractivity contribution in [2.24, 2.45) is 0 Å². The van der Waals surface area contributed by atoms with Crippen molar-refractivity contribution in [2.75, 3.05) is 13.7 Å². The van der Waals surface area contributed by atoms with E-state index < -0.39 is 0 Å². The van der Waals surface area contributed by atoms with Crippen LogP contribution in [0.5, 0.6) is 11.5 Å². The van der Waals surface area contributed by atoms with E-state index in [0.29, 0.717) is 30.4 Å². The molecule has 1 heterocycles. The first-order valence-corrected chi connectivity index (χ1v) is 7.45. The van der Waals surface area contributed by atoms with Gasteiger partial charge in [0.05, 0.1) is 25.8 Å². The zero-order valence-electron chi connectivity index (χ0n) is 12.0. The van der Waals surface area contributed by atoms with Gasteiger partial charge in [-0.05, 0) is 19.1 Å². The molecule has 1 aromatic carbocycles. The summed E-state index contributed by atoms with van der Waals surface area (Å²) >= 11 is 1.46. The van der Waals surface area contributed by atoms with Gasteiger partial charge in [-0.3, -0.25) is 4.79 Å². The number of thiazole rings is 1. The Balaban J connectivity index is 1.95. The van der Waals surface area contributed by atoms with Gasteiger partial charge < -0.3 is 14.2 Å². The molecule has 0 spiro atoms. The molecule has 0 aliphatic rings. The molecule has 5 nitrogen and oxygen atoms in total. The van der Waals surface area contributed by atoms with Gasteiger partial charge in [0.1, 0.15) is 11.6 Å². The number of benzene rings is 1. The van der Waals surface area contributed by atoms with Gasteiger partial charge in [-0.2, -0.15) is 0 Å². The largest absolute Gasteiger partial charge is 0.490 e. The quantitative estimate of drug-likeness (QED) is 0.736.